The lowest BCUT2D eigenvalue weighted by Crippen LogP contribution is -2.16. The Morgan fingerprint density at radius 2 is 1.77 bits per heavy atom. The third kappa shape index (κ3) is 5.39. The van der Waals surface area contributed by atoms with Gasteiger partial charge in [-0.2, -0.15) is 5.10 Å². The molecule has 0 atom stereocenters. The number of anilines is 1. The Balaban J connectivity index is 1.53. The molecule has 0 spiro atoms. The van der Waals surface area contributed by atoms with Crippen molar-refractivity contribution >= 4 is 48.6 Å². The van der Waals surface area contributed by atoms with Crippen molar-refractivity contribution in [2.75, 3.05) is 11.6 Å². The van der Waals surface area contributed by atoms with Crippen LogP contribution in [0.2, 0.25) is 0 Å². The number of nitrogens with zero attached hydrogens (tertiary/aromatic N) is 4. The molecular formula is C23H18F5N5O3S3. The average Bonchev–Trinajstić information content (AvgIpc) is 3.55. The summed E-state index contributed by atoms with van der Waals surface area (Å²) < 4.78 is 94.8. The highest BCUT2D eigenvalue weighted by Gasteiger charge is 2.65. The minimum absolute atomic E-state index is 0.0522. The van der Waals surface area contributed by atoms with Crippen LogP contribution in [0.15, 0.2) is 76.4 Å². The highest BCUT2D eigenvalue weighted by atomic mass is 32.5. The molecule has 206 valence electrons. The minimum Gasteiger partial charge on any atom is -0.322 e. The number of aromatic nitrogens is 4. The normalized spacial score (nSPS) is 14.2. The molecule has 5 aromatic rings. The van der Waals surface area contributed by atoms with Gasteiger partial charge in [0, 0.05) is 42.2 Å². The Kier molecular flexibility index (Phi) is 5.59. The van der Waals surface area contributed by atoms with E-state index >= 15 is 0 Å². The van der Waals surface area contributed by atoms with Crippen LogP contribution in [0.5, 0.6) is 0 Å². The molecule has 1 N–H and O–H groups in total. The van der Waals surface area contributed by atoms with E-state index in [9.17, 15) is 32.6 Å². The average molecular weight is 604 g/mol. The largest absolute Gasteiger partial charge is 0.322 e. The fourth-order valence-electron chi connectivity index (χ4n) is 3.84. The second kappa shape index (κ2) is 8.12. The van der Waals surface area contributed by atoms with Crippen LogP contribution in [0.25, 0.3) is 21.9 Å². The summed E-state index contributed by atoms with van der Waals surface area (Å²) in [6, 6.07) is 6.89. The highest BCUT2D eigenvalue weighted by molar-refractivity contribution is 8.45. The smallest absolute Gasteiger partial charge is 0.310 e. The van der Waals surface area contributed by atoms with Crippen LogP contribution in [0.3, 0.4) is 0 Å². The molecule has 2 aromatic carbocycles. The van der Waals surface area contributed by atoms with Crippen LogP contribution in [0.1, 0.15) is 15.9 Å². The first kappa shape index (κ1) is 26.8. The van der Waals surface area contributed by atoms with Gasteiger partial charge in [0.15, 0.2) is 9.84 Å². The third-order valence-corrected chi connectivity index (χ3v) is 8.76. The number of thiazole rings is 1. The van der Waals surface area contributed by atoms with E-state index in [1.165, 1.54) is 17.4 Å². The maximum absolute atomic E-state index is 13.5. The molecule has 1 amide bonds. The van der Waals surface area contributed by atoms with Crippen LogP contribution in [-0.4, -0.2) is 39.7 Å². The van der Waals surface area contributed by atoms with Crippen molar-refractivity contribution in [3.05, 3.63) is 77.7 Å². The summed E-state index contributed by atoms with van der Waals surface area (Å²) in [5.74, 6) is -1.20. The van der Waals surface area contributed by atoms with Gasteiger partial charge in [-0.1, -0.05) is 25.5 Å². The van der Waals surface area contributed by atoms with Crippen LogP contribution in [0, 0.1) is 6.92 Å². The van der Waals surface area contributed by atoms with Crippen molar-refractivity contribution in [1.82, 2.24) is 19.2 Å². The molecule has 8 nitrogen and oxygen atoms in total. The van der Waals surface area contributed by atoms with E-state index in [2.05, 4.69) is 15.4 Å². The number of hydrogen-bond donors (Lipinski definition) is 1. The van der Waals surface area contributed by atoms with Gasteiger partial charge in [-0.15, -0.1) is 11.3 Å². The molecule has 0 radical (unpaired) electrons. The first-order valence-corrected chi connectivity index (χ1v) is 15.6. The number of carbonyl (C=O) groups is 1. The lowest BCUT2D eigenvalue weighted by molar-refractivity contribution is 0.102. The van der Waals surface area contributed by atoms with E-state index in [1.807, 2.05) is 6.07 Å². The first-order valence-electron chi connectivity index (χ1n) is 10.9. The van der Waals surface area contributed by atoms with Gasteiger partial charge < -0.3 is 5.32 Å². The Hall–Kier alpha value is -3.76. The molecule has 39 heavy (non-hydrogen) atoms. The maximum atomic E-state index is 13.5. The Labute approximate surface area is 222 Å². The van der Waals surface area contributed by atoms with E-state index in [-0.39, 0.29) is 17.8 Å². The zero-order chi connectivity index (χ0) is 28.4. The summed E-state index contributed by atoms with van der Waals surface area (Å²) >= 11 is 1.41. The van der Waals surface area contributed by atoms with Crippen molar-refractivity contribution in [2.45, 2.75) is 16.7 Å². The minimum atomic E-state index is -10.3. The molecule has 0 aliphatic rings. The fraction of sp³-hybridized carbons (Fsp3) is 0.0870. The van der Waals surface area contributed by atoms with E-state index in [1.54, 1.807) is 52.2 Å². The Morgan fingerprint density at radius 3 is 2.41 bits per heavy atom. The number of sulfone groups is 1. The van der Waals surface area contributed by atoms with Crippen molar-refractivity contribution in [3.63, 3.8) is 0 Å². The molecule has 0 fully saturated rings. The summed E-state index contributed by atoms with van der Waals surface area (Å²) in [6.07, 6.45) is 5.67. The number of nitrogens with one attached hydrogen (secondary N) is 1. The Bertz CT molecular complexity index is 1880. The zero-order valence-corrected chi connectivity index (χ0v) is 22.4. The number of carbonyl (C=O) groups excluding carboxylic acids is 1. The molecule has 0 unspecified atom stereocenters. The quantitative estimate of drug-likeness (QED) is 0.214. The molecule has 0 saturated heterocycles. The van der Waals surface area contributed by atoms with Crippen LogP contribution >= 0.6 is 21.6 Å². The van der Waals surface area contributed by atoms with Crippen LogP contribution in [0.4, 0.5) is 25.1 Å². The van der Waals surface area contributed by atoms with Crippen molar-refractivity contribution in [2.24, 2.45) is 0 Å². The predicted octanol–water partition coefficient (Wildman–Crippen LogP) is 6.87. The van der Waals surface area contributed by atoms with Gasteiger partial charge in [0.25, 0.3) is 5.91 Å². The maximum Gasteiger partial charge on any atom is 0.310 e. The molecule has 16 heteroatoms. The zero-order valence-electron chi connectivity index (χ0n) is 20.0. The first-order chi connectivity index (χ1) is 17.9. The molecule has 3 aromatic heterocycles. The summed E-state index contributed by atoms with van der Waals surface area (Å²) in [4.78, 5) is 14.2. The summed E-state index contributed by atoms with van der Waals surface area (Å²) in [6.45, 7) is 1.80. The van der Waals surface area contributed by atoms with Crippen molar-refractivity contribution < 1.29 is 32.6 Å². The number of imidazole rings is 1. The fourth-order valence-corrected chi connectivity index (χ4v) is 5.87. The van der Waals surface area contributed by atoms with E-state index in [0.29, 0.717) is 29.4 Å². The lowest BCUT2D eigenvalue weighted by atomic mass is 10.1. The topological polar surface area (TPSA) is 98.4 Å². The number of halogens is 5. The van der Waals surface area contributed by atoms with Gasteiger partial charge in [0.05, 0.1) is 21.0 Å². The van der Waals surface area contributed by atoms with Gasteiger partial charge >= 0.3 is 10.2 Å². The van der Waals surface area contributed by atoms with E-state index in [0.717, 1.165) is 10.4 Å². The molecule has 5 rings (SSSR count). The Morgan fingerprint density at radius 1 is 1.03 bits per heavy atom. The predicted molar refractivity (Wildman–Crippen MR) is 139 cm³/mol. The number of hydrogen-bond acceptors (Lipinski definition) is 6. The summed E-state index contributed by atoms with van der Waals surface area (Å²) in [5.41, 5.74) is 3.64. The summed E-state index contributed by atoms with van der Waals surface area (Å²) in [7, 11) is -14.6. The molecule has 0 aliphatic heterocycles. The SMILES string of the molecule is Cc1ccc(NC(=O)c2cc(S(C)(=O)=O)cc(S(F)(F)(F)(F)F)c2)cc1-n1ccn2nc(-c3cncs3)cc12. The summed E-state index contributed by atoms with van der Waals surface area (Å²) in [5, 5.41) is 6.88. The number of benzene rings is 2. The monoisotopic (exact) mass is 603 g/mol. The van der Waals surface area contributed by atoms with Gasteiger partial charge in [-0.3, -0.25) is 14.3 Å². The standard InChI is InChI=1S/C23H18F5N5O3S3/c1-14-3-4-16(9-20(14)32-5-6-33-22(32)11-19(31-33)21-12-29-13-37-21)30-23(34)15-7-17(38(2,35)36)10-18(8-15)39(24,25,26,27)28/h3-13H,1-2H3,(H,30,34). The van der Waals surface area contributed by atoms with Crippen molar-refractivity contribution in [1.29, 1.82) is 0 Å². The molecule has 3 heterocycles. The molecule has 0 bridgehead atoms. The molecule has 0 aliphatic carbocycles. The highest BCUT2D eigenvalue weighted by Crippen LogP contribution is 3.02. The second-order valence-electron chi connectivity index (χ2n) is 8.76. The van der Waals surface area contributed by atoms with Crippen molar-refractivity contribution in [3.8, 4) is 16.3 Å². The number of aryl methyl sites for hydroxylation is 1. The van der Waals surface area contributed by atoms with Gasteiger partial charge in [-0.25, -0.2) is 12.9 Å². The third-order valence-electron chi connectivity index (χ3n) is 5.75. The number of amides is 1. The number of rotatable bonds is 6. The molecule has 0 saturated carbocycles. The van der Waals surface area contributed by atoms with Crippen LogP contribution < -0.4 is 5.32 Å². The lowest BCUT2D eigenvalue weighted by Gasteiger charge is -2.40. The van der Waals surface area contributed by atoms with Gasteiger partial charge in [0.2, 0.25) is 0 Å². The van der Waals surface area contributed by atoms with Crippen LogP contribution in [-0.2, 0) is 9.84 Å². The van der Waals surface area contributed by atoms with Gasteiger partial charge in [0.1, 0.15) is 16.2 Å². The molecular weight excluding hydrogens is 585 g/mol. The second-order valence-corrected chi connectivity index (χ2v) is 14.1. The number of fused-ring (bicyclic) bond motifs is 1. The van der Waals surface area contributed by atoms with E-state index in [4.69, 9.17) is 0 Å². The van der Waals surface area contributed by atoms with Gasteiger partial charge in [-0.05, 0) is 42.8 Å². The van der Waals surface area contributed by atoms with E-state index < -0.39 is 41.3 Å².